The first-order chi connectivity index (χ1) is 16.3. The minimum Gasteiger partial charge on any atom is -0.284 e. The van der Waals surface area contributed by atoms with Crippen molar-refractivity contribution in [1.29, 1.82) is 0 Å². The summed E-state index contributed by atoms with van der Waals surface area (Å²) in [5.74, 6) is -0.0113. The number of hydrogen-bond acceptors (Lipinski definition) is 6. The van der Waals surface area contributed by atoms with Crippen molar-refractivity contribution >= 4 is 49.5 Å². The van der Waals surface area contributed by atoms with E-state index in [1.807, 2.05) is 12.3 Å². The van der Waals surface area contributed by atoms with Gasteiger partial charge in [-0.05, 0) is 67.6 Å². The summed E-state index contributed by atoms with van der Waals surface area (Å²) in [6.45, 7) is 3.96. The van der Waals surface area contributed by atoms with E-state index in [1.54, 1.807) is 59.6 Å². The Kier molecular flexibility index (Phi) is 7.13. The fourth-order valence-electron chi connectivity index (χ4n) is 3.80. The van der Waals surface area contributed by atoms with Gasteiger partial charge in [0.25, 0.3) is 5.91 Å². The number of thiazole rings is 1. The minimum absolute atomic E-state index is 0.167. The van der Waals surface area contributed by atoms with Crippen molar-refractivity contribution < 1.29 is 18.0 Å². The molecule has 0 atom stereocenters. The molecule has 0 unspecified atom stereocenters. The number of benzene rings is 2. The second kappa shape index (κ2) is 10.1. The van der Waals surface area contributed by atoms with Crippen LogP contribution in [-0.4, -0.2) is 37.5 Å². The summed E-state index contributed by atoms with van der Waals surface area (Å²) < 4.78 is 25.1. The van der Waals surface area contributed by atoms with Gasteiger partial charge in [-0.2, -0.15) is 0 Å². The number of nitrogens with zero attached hydrogens (tertiary/aromatic N) is 3. The van der Waals surface area contributed by atoms with Gasteiger partial charge in [0.2, 0.25) is 5.91 Å². The second-order valence-corrected chi connectivity index (χ2v) is 11.3. The third-order valence-electron chi connectivity index (χ3n) is 5.61. The normalized spacial score (nSPS) is 13.5. The molecule has 1 saturated carbocycles. The Balaban J connectivity index is 1.62. The predicted molar refractivity (Wildman–Crippen MR) is 135 cm³/mol. The van der Waals surface area contributed by atoms with Gasteiger partial charge >= 0.3 is 0 Å². The van der Waals surface area contributed by atoms with Gasteiger partial charge in [0.1, 0.15) is 0 Å². The Morgan fingerprint density at radius 2 is 1.82 bits per heavy atom. The third-order valence-corrected chi connectivity index (χ3v) is 8.31. The minimum atomic E-state index is -3.34. The molecule has 0 spiro atoms. The molecule has 0 aliphatic heterocycles. The number of carbonyl (C=O) groups excluding carboxylic acids is 2. The number of rotatable bonds is 9. The van der Waals surface area contributed by atoms with Crippen LogP contribution < -0.4 is 9.80 Å². The van der Waals surface area contributed by atoms with Crippen LogP contribution in [-0.2, 0) is 14.6 Å². The van der Waals surface area contributed by atoms with Gasteiger partial charge in [-0.1, -0.05) is 13.0 Å². The van der Waals surface area contributed by atoms with E-state index < -0.39 is 9.84 Å². The molecule has 2 aromatic carbocycles. The molecule has 34 heavy (non-hydrogen) atoms. The highest BCUT2D eigenvalue weighted by Crippen LogP contribution is 2.33. The summed E-state index contributed by atoms with van der Waals surface area (Å²) in [5.41, 5.74) is 1.51. The Labute approximate surface area is 204 Å². The number of hydrogen-bond donors (Lipinski definition) is 0. The molecule has 0 saturated heterocycles. The van der Waals surface area contributed by atoms with E-state index >= 15 is 0 Å². The fourth-order valence-corrected chi connectivity index (χ4v) is 6.16. The molecule has 1 fully saturated rings. The molecule has 1 heterocycles. The first-order valence-corrected chi connectivity index (χ1v) is 13.8. The molecule has 9 heteroatoms. The van der Waals surface area contributed by atoms with Crippen LogP contribution in [0.15, 0.2) is 65.0 Å². The van der Waals surface area contributed by atoms with E-state index in [9.17, 15) is 18.0 Å². The summed E-state index contributed by atoms with van der Waals surface area (Å²) in [6.07, 6.45) is 4.37. The molecule has 178 valence electrons. The Morgan fingerprint density at radius 3 is 2.41 bits per heavy atom. The molecule has 0 bridgehead atoms. The average Bonchev–Trinajstić information content (AvgIpc) is 3.45. The predicted octanol–water partition coefficient (Wildman–Crippen LogP) is 5.07. The Morgan fingerprint density at radius 1 is 1.09 bits per heavy atom. The lowest BCUT2D eigenvalue weighted by Crippen LogP contribution is -2.32. The maximum atomic E-state index is 13.3. The highest BCUT2D eigenvalue weighted by Gasteiger charge is 2.29. The van der Waals surface area contributed by atoms with E-state index in [-0.39, 0.29) is 28.4 Å². The second-order valence-electron chi connectivity index (χ2n) is 8.39. The van der Waals surface area contributed by atoms with Crippen molar-refractivity contribution in [3.63, 3.8) is 0 Å². The van der Waals surface area contributed by atoms with E-state index in [0.717, 1.165) is 19.3 Å². The van der Waals surface area contributed by atoms with Crippen LogP contribution in [0.3, 0.4) is 0 Å². The van der Waals surface area contributed by atoms with Gasteiger partial charge in [-0.25, -0.2) is 13.4 Å². The summed E-state index contributed by atoms with van der Waals surface area (Å²) in [4.78, 5) is 33.5. The smallest absolute Gasteiger partial charge is 0.260 e. The maximum absolute atomic E-state index is 13.3. The highest BCUT2D eigenvalue weighted by molar-refractivity contribution is 7.91. The SMILES string of the molecule is CCCN(C(=O)c1cccc(N(C(C)=O)c2ccc(S(=O)(=O)CC3CC3)cc2)c1)c1nccs1. The Hall–Kier alpha value is -3.04. The van der Waals surface area contributed by atoms with Crippen molar-refractivity contribution in [1.82, 2.24) is 4.98 Å². The van der Waals surface area contributed by atoms with Gasteiger partial charge in [0.05, 0.1) is 10.6 Å². The lowest BCUT2D eigenvalue weighted by Gasteiger charge is -2.23. The lowest BCUT2D eigenvalue weighted by atomic mass is 10.1. The molecule has 1 aromatic heterocycles. The third kappa shape index (κ3) is 5.37. The van der Waals surface area contributed by atoms with Crippen LogP contribution in [0.4, 0.5) is 16.5 Å². The molecule has 4 rings (SSSR count). The molecule has 3 aromatic rings. The van der Waals surface area contributed by atoms with Crippen LogP contribution >= 0.6 is 11.3 Å². The summed E-state index contributed by atoms with van der Waals surface area (Å²) >= 11 is 1.40. The van der Waals surface area contributed by atoms with Gasteiger partial charge in [0.15, 0.2) is 15.0 Å². The number of carbonyl (C=O) groups is 2. The summed E-state index contributed by atoms with van der Waals surface area (Å²) in [6, 6.07) is 13.2. The van der Waals surface area contributed by atoms with Crippen molar-refractivity contribution in [2.45, 2.75) is 38.0 Å². The van der Waals surface area contributed by atoms with Crippen LogP contribution in [0, 0.1) is 5.92 Å². The topological polar surface area (TPSA) is 87.7 Å². The molecule has 1 aliphatic carbocycles. The Bertz CT molecular complexity index is 1270. The van der Waals surface area contributed by atoms with E-state index in [4.69, 9.17) is 0 Å². The molecule has 0 N–H and O–H groups in total. The fraction of sp³-hybridized carbons (Fsp3) is 0.320. The highest BCUT2D eigenvalue weighted by atomic mass is 32.2. The standard InChI is InChI=1S/C25H27N3O4S2/c1-3-14-27(25-26-13-15-33-25)24(30)20-5-4-6-22(16-20)28(18(2)29)21-9-11-23(12-10-21)34(31,32)17-19-7-8-19/h4-6,9-13,15-16,19H,3,7-8,14,17H2,1-2H3. The zero-order valence-corrected chi connectivity index (χ0v) is 20.8. The first kappa shape index (κ1) is 24.1. The number of sulfone groups is 1. The largest absolute Gasteiger partial charge is 0.284 e. The monoisotopic (exact) mass is 497 g/mol. The quantitative estimate of drug-likeness (QED) is 0.412. The van der Waals surface area contributed by atoms with Crippen molar-refractivity contribution in [2.75, 3.05) is 22.1 Å². The number of anilines is 3. The maximum Gasteiger partial charge on any atom is 0.260 e. The number of aromatic nitrogens is 1. The zero-order valence-electron chi connectivity index (χ0n) is 19.2. The lowest BCUT2D eigenvalue weighted by molar-refractivity contribution is -0.115. The van der Waals surface area contributed by atoms with Crippen molar-refractivity contribution in [3.05, 3.63) is 65.7 Å². The molecule has 0 radical (unpaired) electrons. The van der Waals surface area contributed by atoms with E-state index in [2.05, 4.69) is 4.98 Å². The molecule has 7 nitrogen and oxygen atoms in total. The van der Waals surface area contributed by atoms with Gasteiger partial charge in [0, 0.05) is 42.0 Å². The molecule has 2 amide bonds. The first-order valence-electron chi connectivity index (χ1n) is 11.2. The molecule has 1 aliphatic rings. The van der Waals surface area contributed by atoms with Crippen LogP contribution in [0.5, 0.6) is 0 Å². The molecular formula is C25H27N3O4S2. The molecular weight excluding hydrogens is 470 g/mol. The van der Waals surface area contributed by atoms with Gasteiger partial charge < -0.3 is 0 Å². The van der Waals surface area contributed by atoms with Gasteiger partial charge in [-0.3, -0.25) is 19.4 Å². The van der Waals surface area contributed by atoms with Gasteiger partial charge in [-0.15, -0.1) is 11.3 Å². The average molecular weight is 498 g/mol. The van der Waals surface area contributed by atoms with Crippen molar-refractivity contribution in [3.8, 4) is 0 Å². The summed E-state index contributed by atoms with van der Waals surface area (Å²) in [7, 11) is -3.34. The summed E-state index contributed by atoms with van der Waals surface area (Å²) in [5, 5.41) is 2.46. The zero-order chi connectivity index (χ0) is 24.3. The van der Waals surface area contributed by atoms with E-state index in [1.165, 1.54) is 23.2 Å². The van der Waals surface area contributed by atoms with Crippen LogP contribution in [0.25, 0.3) is 0 Å². The van der Waals surface area contributed by atoms with Crippen LogP contribution in [0.1, 0.15) is 43.5 Å². The van der Waals surface area contributed by atoms with Crippen LogP contribution in [0.2, 0.25) is 0 Å². The van der Waals surface area contributed by atoms with Crippen molar-refractivity contribution in [2.24, 2.45) is 5.92 Å². The van der Waals surface area contributed by atoms with E-state index in [0.29, 0.717) is 28.6 Å². The number of amides is 2.